The van der Waals surface area contributed by atoms with Gasteiger partial charge in [0.05, 0.1) is 22.1 Å². The highest BCUT2D eigenvalue weighted by Crippen LogP contribution is 2.22. The molecule has 0 bridgehead atoms. The number of aryl methyl sites for hydroxylation is 1. The van der Waals surface area contributed by atoms with Gasteiger partial charge in [-0.1, -0.05) is 11.6 Å². The van der Waals surface area contributed by atoms with Gasteiger partial charge in [-0.3, -0.25) is 4.79 Å². The van der Waals surface area contributed by atoms with Gasteiger partial charge in [0.1, 0.15) is 0 Å². The first kappa shape index (κ1) is 18.8. The van der Waals surface area contributed by atoms with E-state index in [1.54, 1.807) is 4.68 Å². The van der Waals surface area contributed by atoms with Gasteiger partial charge < -0.3 is 10.6 Å². The van der Waals surface area contributed by atoms with Gasteiger partial charge in [-0.25, -0.2) is 4.68 Å². The van der Waals surface area contributed by atoms with E-state index in [1.807, 2.05) is 38.1 Å². The second-order valence-electron chi connectivity index (χ2n) is 5.96. The minimum Gasteiger partial charge on any atom is -0.348 e. The van der Waals surface area contributed by atoms with Crippen molar-refractivity contribution in [3.8, 4) is 5.69 Å². The summed E-state index contributed by atoms with van der Waals surface area (Å²) >= 11 is 6.19. The molecule has 0 spiro atoms. The Balaban J connectivity index is 0.00000208. The number of nitrogens with one attached hydrogen (secondary N) is 2. The molecule has 1 amide bonds. The Hall–Kier alpha value is -1.56. The van der Waals surface area contributed by atoms with Crippen molar-refractivity contribution < 1.29 is 4.79 Å². The van der Waals surface area contributed by atoms with E-state index in [9.17, 15) is 4.79 Å². The maximum absolute atomic E-state index is 12.3. The summed E-state index contributed by atoms with van der Waals surface area (Å²) in [5.74, 6) is -0.0309. The van der Waals surface area contributed by atoms with Crippen LogP contribution in [0.5, 0.6) is 0 Å². The number of hydrogen-bond donors (Lipinski definition) is 2. The fourth-order valence-electron chi connectivity index (χ4n) is 2.87. The number of aromatic nitrogens is 2. The average molecular weight is 369 g/mol. The van der Waals surface area contributed by atoms with Crippen LogP contribution >= 0.6 is 24.0 Å². The maximum atomic E-state index is 12.3. The van der Waals surface area contributed by atoms with Crippen LogP contribution in [-0.4, -0.2) is 34.8 Å². The summed E-state index contributed by atoms with van der Waals surface area (Å²) < 4.78 is 1.80. The summed E-state index contributed by atoms with van der Waals surface area (Å²) in [4.78, 5) is 12.3. The molecule has 24 heavy (non-hydrogen) atoms. The SMILES string of the molecule is Cc1nn(-c2ccc(C(=O)N[C@H]3CCCNC3)cc2)c(C)c1Cl.Cl. The molecule has 1 fully saturated rings. The van der Waals surface area contributed by atoms with Gasteiger partial charge in [-0.05, 0) is 57.5 Å². The van der Waals surface area contributed by atoms with E-state index >= 15 is 0 Å². The predicted octanol–water partition coefficient (Wildman–Crippen LogP) is 3.05. The zero-order chi connectivity index (χ0) is 16.4. The van der Waals surface area contributed by atoms with E-state index in [-0.39, 0.29) is 24.4 Å². The van der Waals surface area contributed by atoms with Crippen molar-refractivity contribution in [1.82, 2.24) is 20.4 Å². The van der Waals surface area contributed by atoms with E-state index in [1.165, 1.54) is 0 Å². The first-order valence-electron chi connectivity index (χ1n) is 7.90. The Morgan fingerprint density at radius 2 is 2.04 bits per heavy atom. The van der Waals surface area contributed by atoms with Gasteiger partial charge in [0.25, 0.3) is 5.91 Å². The van der Waals surface area contributed by atoms with Crippen molar-refractivity contribution in [2.45, 2.75) is 32.7 Å². The first-order chi connectivity index (χ1) is 11.1. The number of nitrogens with zero attached hydrogens (tertiary/aromatic N) is 2. The van der Waals surface area contributed by atoms with Crippen LogP contribution in [0, 0.1) is 13.8 Å². The Morgan fingerprint density at radius 1 is 1.33 bits per heavy atom. The van der Waals surface area contributed by atoms with Crippen LogP contribution in [0.1, 0.15) is 34.6 Å². The summed E-state index contributed by atoms with van der Waals surface area (Å²) in [7, 11) is 0. The van der Waals surface area contributed by atoms with Gasteiger partial charge in [0, 0.05) is 18.2 Å². The normalized spacial score (nSPS) is 17.2. The third kappa shape index (κ3) is 3.91. The van der Waals surface area contributed by atoms with Crippen molar-refractivity contribution >= 4 is 29.9 Å². The van der Waals surface area contributed by atoms with Crippen molar-refractivity contribution in [3.05, 3.63) is 46.2 Å². The molecule has 1 atom stereocenters. The Morgan fingerprint density at radius 3 is 2.58 bits per heavy atom. The molecule has 1 aliphatic heterocycles. The molecule has 0 saturated carbocycles. The third-order valence-corrected chi connectivity index (χ3v) is 4.76. The molecule has 1 aliphatic rings. The topological polar surface area (TPSA) is 59.0 Å². The number of carbonyl (C=O) groups excluding carboxylic acids is 1. The molecule has 1 saturated heterocycles. The van der Waals surface area contributed by atoms with Crippen molar-refractivity contribution in [3.63, 3.8) is 0 Å². The molecule has 2 heterocycles. The van der Waals surface area contributed by atoms with Crippen molar-refractivity contribution in [2.75, 3.05) is 13.1 Å². The molecule has 130 valence electrons. The van der Waals surface area contributed by atoms with Crippen molar-refractivity contribution in [1.29, 1.82) is 0 Å². The van der Waals surface area contributed by atoms with E-state index in [0.29, 0.717) is 10.6 Å². The summed E-state index contributed by atoms with van der Waals surface area (Å²) in [6, 6.07) is 7.65. The molecule has 7 heteroatoms. The van der Waals surface area contributed by atoms with E-state index in [2.05, 4.69) is 15.7 Å². The molecular weight excluding hydrogens is 347 g/mol. The number of hydrogen-bond acceptors (Lipinski definition) is 3. The lowest BCUT2D eigenvalue weighted by Gasteiger charge is -2.23. The Bertz CT molecular complexity index is 706. The predicted molar refractivity (Wildman–Crippen MR) is 98.7 cm³/mol. The molecular formula is C17H22Cl2N4O. The number of carbonyl (C=O) groups is 1. The molecule has 3 rings (SSSR count). The van der Waals surface area contributed by atoms with Gasteiger partial charge in [0.2, 0.25) is 0 Å². The molecule has 2 aromatic rings. The van der Waals surface area contributed by atoms with Gasteiger partial charge in [0.15, 0.2) is 0 Å². The zero-order valence-corrected chi connectivity index (χ0v) is 15.4. The highest BCUT2D eigenvalue weighted by molar-refractivity contribution is 6.31. The van der Waals surface area contributed by atoms with E-state index in [4.69, 9.17) is 11.6 Å². The second kappa shape index (κ2) is 8.01. The smallest absolute Gasteiger partial charge is 0.251 e. The number of benzene rings is 1. The van der Waals surface area contributed by atoms with Crippen LogP contribution in [0.4, 0.5) is 0 Å². The first-order valence-corrected chi connectivity index (χ1v) is 8.28. The summed E-state index contributed by atoms with van der Waals surface area (Å²) in [5, 5.41) is 11.5. The highest BCUT2D eigenvalue weighted by atomic mass is 35.5. The second-order valence-corrected chi connectivity index (χ2v) is 6.34. The van der Waals surface area contributed by atoms with Crippen molar-refractivity contribution in [2.24, 2.45) is 0 Å². The quantitative estimate of drug-likeness (QED) is 0.874. The largest absolute Gasteiger partial charge is 0.348 e. The fraction of sp³-hybridized carbons (Fsp3) is 0.412. The highest BCUT2D eigenvalue weighted by Gasteiger charge is 2.16. The Labute approximate surface area is 153 Å². The molecule has 1 aromatic carbocycles. The lowest BCUT2D eigenvalue weighted by atomic mass is 10.1. The Kier molecular flexibility index (Phi) is 6.27. The molecule has 5 nitrogen and oxygen atoms in total. The number of piperidine rings is 1. The van der Waals surface area contributed by atoms with Crippen LogP contribution in [0.2, 0.25) is 5.02 Å². The number of halogens is 2. The molecule has 0 radical (unpaired) electrons. The van der Waals surface area contributed by atoms with Gasteiger partial charge in [-0.2, -0.15) is 5.10 Å². The van der Waals surface area contributed by atoms with Crippen LogP contribution in [0.3, 0.4) is 0 Å². The van der Waals surface area contributed by atoms with E-state index in [0.717, 1.165) is 43.0 Å². The standard InChI is InChI=1S/C17H21ClN4O.ClH/c1-11-16(18)12(2)22(21-11)15-7-5-13(6-8-15)17(23)20-14-4-3-9-19-10-14;/h5-8,14,19H,3-4,9-10H2,1-2H3,(H,20,23);1H/t14-;/m0./s1. The van der Waals surface area contributed by atoms with E-state index < -0.39 is 0 Å². The third-order valence-electron chi connectivity index (χ3n) is 4.21. The summed E-state index contributed by atoms with van der Waals surface area (Å²) in [5.41, 5.74) is 3.26. The monoisotopic (exact) mass is 368 g/mol. The van der Waals surface area contributed by atoms with Crippen LogP contribution in [-0.2, 0) is 0 Å². The number of rotatable bonds is 3. The van der Waals surface area contributed by atoms with Crippen LogP contribution in [0.25, 0.3) is 5.69 Å². The minimum atomic E-state index is -0.0309. The maximum Gasteiger partial charge on any atom is 0.251 e. The van der Waals surface area contributed by atoms with Crippen LogP contribution in [0.15, 0.2) is 24.3 Å². The summed E-state index contributed by atoms with van der Waals surface area (Å²) in [6.07, 6.45) is 2.13. The molecule has 1 aromatic heterocycles. The van der Waals surface area contributed by atoms with Gasteiger partial charge in [-0.15, -0.1) is 12.4 Å². The lowest BCUT2D eigenvalue weighted by molar-refractivity contribution is 0.0930. The minimum absolute atomic E-state index is 0. The van der Waals surface area contributed by atoms with Crippen LogP contribution < -0.4 is 10.6 Å². The molecule has 0 unspecified atom stereocenters. The number of amides is 1. The lowest BCUT2D eigenvalue weighted by Crippen LogP contribution is -2.45. The summed E-state index contributed by atoms with van der Waals surface area (Å²) in [6.45, 7) is 5.69. The molecule has 0 aliphatic carbocycles. The fourth-order valence-corrected chi connectivity index (χ4v) is 2.99. The average Bonchev–Trinajstić information content (AvgIpc) is 2.83. The molecule has 2 N–H and O–H groups in total. The zero-order valence-electron chi connectivity index (χ0n) is 13.8. The van der Waals surface area contributed by atoms with Gasteiger partial charge >= 0.3 is 0 Å².